The van der Waals surface area contributed by atoms with Gasteiger partial charge in [-0.3, -0.25) is 4.98 Å². The summed E-state index contributed by atoms with van der Waals surface area (Å²) < 4.78 is 37.5. The number of nitrogens with zero attached hydrogens (tertiary/aromatic N) is 2. The molecule has 0 aliphatic heterocycles. The van der Waals surface area contributed by atoms with Crippen LogP contribution < -0.4 is 10.2 Å². The van der Waals surface area contributed by atoms with Crippen LogP contribution in [0, 0.1) is 0 Å². The molecule has 120 valence electrons. The number of hydrogen-bond acceptors (Lipinski definition) is 3. The summed E-state index contributed by atoms with van der Waals surface area (Å²) in [6, 6.07) is 3.68. The summed E-state index contributed by atoms with van der Waals surface area (Å²) in [7, 11) is 0. The molecule has 0 amide bonds. The van der Waals surface area contributed by atoms with Crippen molar-refractivity contribution >= 4 is 5.69 Å². The lowest BCUT2D eigenvalue weighted by Crippen LogP contribution is -2.34. The second-order valence-corrected chi connectivity index (χ2v) is 4.99. The molecular weight excluding hydrogens is 279 g/mol. The Morgan fingerprint density at radius 2 is 1.95 bits per heavy atom. The highest BCUT2D eigenvalue weighted by Gasteiger charge is 2.30. The molecule has 0 spiro atoms. The summed E-state index contributed by atoms with van der Waals surface area (Å²) in [6.07, 6.45) is -0.750. The van der Waals surface area contributed by atoms with Gasteiger partial charge >= 0.3 is 6.18 Å². The minimum atomic E-state index is -4.21. The molecule has 1 aromatic rings. The van der Waals surface area contributed by atoms with Crippen LogP contribution in [0.5, 0.6) is 0 Å². The number of pyridine rings is 1. The fourth-order valence-corrected chi connectivity index (χ4v) is 2.17. The first-order valence-corrected chi connectivity index (χ1v) is 7.42. The van der Waals surface area contributed by atoms with Crippen LogP contribution in [0.15, 0.2) is 18.3 Å². The molecule has 3 nitrogen and oxygen atoms in total. The first-order chi connectivity index (χ1) is 9.91. The zero-order chi connectivity index (χ0) is 15.9. The lowest BCUT2D eigenvalue weighted by Gasteiger charge is -2.24. The van der Waals surface area contributed by atoms with Crippen molar-refractivity contribution in [2.24, 2.45) is 0 Å². The van der Waals surface area contributed by atoms with Crippen LogP contribution in [-0.4, -0.2) is 30.8 Å². The minimum absolute atomic E-state index is 0.150. The van der Waals surface area contributed by atoms with E-state index in [1.54, 1.807) is 13.0 Å². The fourth-order valence-electron chi connectivity index (χ4n) is 2.17. The van der Waals surface area contributed by atoms with E-state index in [-0.39, 0.29) is 6.04 Å². The van der Waals surface area contributed by atoms with Crippen molar-refractivity contribution in [3.63, 3.8) is 0 Å². The molecule has 1 N–H and O–H groups in total. The van der Waals surface area contributed by atoms with E-state index < -0.39 is 12.7 Å². The third-order valence-corrected chi connectivity index (χ3v) is 3.29. The molecule has 1 atom stereocenters. The number of anilines is 1. The van der Waals surface area contributed by atoms with E-state index in [1.807, 2.05) is 6.07 Å². The van der Waals surface area contributed by atoms with Crippen molar-refractivity contribution in [1.82, 2.24) is 10.3 Å². The van der Waals surface area contributed by atoms with Crippen molar-refractivity contribution in [1.29, 1.82) is 0 Å². The third kappa shape index (κ3) is 5.91. The van der Waals surface area contributed by atoms with Crippen molar-refractivity contribution in [3.8, 4) is 0 Å². The highest BCUT2D eigenvalue weighted by molar-refractivity contribution is 5.44. The molecule has 0 saturated carbocycles. The van der Waals surface area contributed by atoms with Gasteiger partial charge in [0.15, 0.2) is 0 Å². The molecule has 1 unspecified atom stereocenters. The summed E-state index contributed by atoms with van der Waals surface area (Å²) in [6.45, 7) is 6.10. The monoisotopic (exact) mass is 303 g/mol. The largest absolute Gasteiger partial charge is 0.405 e. The zero-order valence-electron chi connectivity index (χ0n) is 12.9. The fraction of sp³-hybridized carbons (Fsp3) is 0.667. The molecule has 21 heavy (non-hydrogen) atoms. The maximum absolute atomic E-state index is 12.5. The van der Waals surface area contributed by atoms with Gasteiger partial charge in [-0.05, 0) is 38.4 Å². The van der Waals surface area contributed by atoms with Crippen LogP contribution in [0.3, 0.4) is 0 Å². The van der Waals surface area contributed by atoms with Gasteiger partial charge in [0.2, 0.25) is 0 Å². The Morgan fingerprint density at radius 1 is 1.24 bits per heavy atom. The van der Waals surface area contributed by atoms with Crippen LogP contribution in [0.4, 0.5) is 18.9 Å². The third-order valence-electron chi connectivity index (χ3n) is 3.29. The van der Waals surface area contributed by atoms with E-state index in [1.165, 1.54) is 11.1 Å². The summed E-state index contributed by atoms with van der Waals surface area (Å²) in [5.74, 6) is 0. The summed E-state index contributed by atoms with van der Waals surface area (Å²) >= 11 is 0. The average molecular weight is 303 g/mol. The molecule has 6 heteroatoms. The number of halogens is 3. The molecular formula is C15H24F3N3. The lowest BCUT2D eigenvalue weighted by molar-refractivity contribution is -0.119. The number of rotatable bonds is 8. The first kappa shape index (κ1) is 17.8. The summed E-state index contributed by atoms with van der Waals surface area (Å²) in [5, 5.41) is 3.38. The number of aromatic nitrogens is 1. The van der Waals surface area contributed by atoms with Gasteiger partial charge in [0.05, 0.1) is 17.6 Å². The minimum Gasteiger partial charge on any atom is -0.362 e. The van der Waals surface area contributed by atoms with Crippen molar-refractivity contribution < 1.29 is 13.2 Å². The summed E-state index contributed by atoms with van der Waals surface area (Å²) in [4.78, 5) is 5.61. The van der Waals surface area contributed by atoms with E-state index in [2.05, 4.69) is 24.1 Å². The Labute approximate surface area is 124 Å². The van der Waals surface area contributed by atoms with Crippen LogP contribution in [0.1, 0.15) is 45.3 Å². The highest BCUT2D eigenvalue weighted by Crippen LogP contribution is 2.23. The standard InChI is InChI=1S/C15H24F3N3/c1-4-9-19-13(5-2)14-8-7-12(10-20-14)21(6-3)11-15(16,17)18/h7-8,10,13,19H,4-6,9,11H2,1-3H3. The molecule has 0 fully saturated rings. The van der Waals surface area contributed by atoms with E-state index in [4.69, 9.17) is 0 Å². The molecule has 1 aromatic heterocycles. The Kier molecular flexibility index (Phi) is 6.95. The van der Waals surface area contributed by atoms with Crippen LogP contribution >= 0.6 is 0 Å². The van der Waals surface area contributed by atoms with E-state index in [0.29, 0.717) is 12.2 Å². The van der Waals surface area contributed by atoms with E-state index in [9.17, 15) is 13.2 Å². The molecule has 0 radical (unpaired) electrons. The highest BCUT2D eigenvalue weighted by atomic mass is 19.4. The van der Waals surface area contributed by atoms with Crippen LogP contribution in [0.25, 0.3) is 0 Å². The van der Waals surface area contributed by atoms with Crippen molar-refractivity contribution in [2.45, 2.75) is 45.8 Å². The second kappa shape index (κ2) is 8.22. The predicted molar refractivity (Wildman–Crippen MR) is 79.5 cm³/mol. The summed E-state index contributed by atoms with van der Waals surface area (Å²) in [5.41, 5.74) is 1.38. The molecule has 0 saturated heterocycles. The van der Waals surface area contributed by atoms with E-state index in [0.717, 1.165) is 25.1 Å². The predicted octanol–water partition coefficient (Wildman–Crippen LogP) is 3.92. The molecule has 0 aromatic carbocycles. The van der Waals surface area contributed by atoms with Crippen molar-refractivity contribution in [3.05, 3.63) is 24.0 Å². The van der Waals surface area contributed by atoms with Gasteiger partial charge in [-0.1, -0.05) is 13.8 Å². The van der Waals surface area contributed by atoms with Gasteiger partial charge in [0.25, 0.3) is 0 Å². The average Bonchev–Trinajstić information content (AvgIpc) is 2.45. The zero-order valence-corrected chi connectivity index (χ0v) is 12.9. The van der Waals surface area contributed by atoms with Gasteiger partial charge in [-0.2, -0.15) is 13.2 Å². The Balaban J connectivity index is 2.79. The quantitative estimate of drug-likeness (QED) is 0.789. The number of alkyl halides is 3. The van der Waals surface area contributed by atoms with Gasteiger partial charge in [-0.15, -0.1) is 0 Å². The first-order valence-electron chi connectivity index (χ1n) is 7.42. The number of nitrogens with one attached hydrogen (secondary N) is 1. The second-order valence-electron chi connectivity index (χ2n) is 4.99. The smallest absolute Gasteiger partial charge is 0.362 e. The number of hydrogen-bond donors (Lipinski definition) is 1. The van der Waals surface area contributed by atoms with Crippen LogP contribution in [0.2, 0.25) is 0 Å². The SMILES string of the molecule is CCCNC(CC)c1ccc(N(CC)CC(F)(F)F)cn1. The Morgan fingerprint density at radius 3 is 2.38 bits per heavy atom. The Hall–Kier alpha value is -1.30. The van der Waals surface area contributed by atoms with Crippen molar-refractivity contribution in [2.75, 3.05) is 24.5 Å². The van der Waals surface area contributed by atoms with Gasteiger partial charge in [0.1, 0.15) is 6.54 Å². The van der Waals surface area contributed by atoms with Gasteiger partial charge in [-0.25, -0.2) is 0 Å². The topological polar surface area (TPSA) is 28.2 Å². The Bertz CT molecular complexity index is 404. The molecule has 0 aliphatic carbocycles. The van der Waals surface area contributed by atoms with Crippen LogP contribution in [-0.2, 0) is 0 Å². The van der Waals surface area contributed by atoms with E-state index >= 15 is 0 Å². The van der Waals surface area contributed by atoms with Gasteiger partial charge < -0.3 is 10.2 Å². The lowest BCUT2D eigenvalue weighted by atomic mass is 10.1. The molecule has 1 heterocycles. The maximum Gasteiger partial charge on any atom is 0.405 e. The molecule has 0 aliphatic rings. The van der Waals surface area contributed by atoms with Gasteiger partial charge in [0, 0.05) is 12.6 Å². The normalized spacial score (nSPS) is 13.2. The molecule has 0 bridgehead atoms. The maximum atomic E-state index is 12.5. The molecule has 1 rings (SSSR count).